The molecule has 2 atom stereocenters. The van der Waals surface area contributed by atoms with Crippen molar-refractivity contribution in [3.63, 3.8) is 0 Å². The van der Waals surface area contributed by atoms with Gasteiger partial charge in [0, 0.05) is 13.6 Å². The fourth-order valence-corrected chi connectivity index (χ4v) is 2.85. The summed E-state index contributed by atoms with van der Waals surface area (Å²) in [5.41, 5.74) is 1.74. The molecule has 1 aliphatic heterocycles. The smallest absolute Gasteiger partial charge is 0.315 e. The maximum absolute atomic E-state index is 12.1. The quantitative estimate of drug-likeness (QED) is 0.727. The van der Waals surface area contributed by atoms with Crippen LogP contribution in [0.4, 0.5) is 4.79 Å². The standard InChI is InChI=1S/C15H25N5O3/c1-5-11-10(14(23-4)20(3)19-11)8-17-15(22)18-12-9(2)6-7-16-13(12)21/h9,12H,5-8H2,1-4H3,(H,16,21)(H2,17,18,22). The topological polar surface area (TPSA) is 97.3 Å². The number of hydrogen-bond acceptors (Lipinski definition) is 4. The number of amides is 3. The van der Waals surface area contributed by atoms with Crippen molar-refractivity contribution in [2.45, 2.75) is 39.3 Å². The van der Waals surface area contributed by atoms with Gasteiger partial charge in [-0.05, 0) is 18.8 Å². The van der Waals surface area contributed by atoms with Gasteiger partial charge in [-0.3, -0.25) is 4.79 Å². The molecule has 1 aliphatic rings. The Hall–Kier alpha value is -2.25. The van der Waals surface area contributed by atoms with Crippen LogP contribution in [-0.4, -0.2) is 41.4 Å². The van der Waals surface area contributed by atoms with Crippen molar-refractivity contribution in [2.75, 3.05) is 13.7 Å². The molecule has 3 amide bonds. The third-order valence-corrected chi connectivity index (χ3v) is 4.16. The van der Waals surface area contributed by atoms with Crippen LogP contribution in [0.5, 0.6) is 5.88 Å². The molecule has 2 heterocycles. The monoisotopic (exact) mass is 323 g/mol. The van der Waals surface area contributed by atoms with Crippen molar-refractivity contribution in [1.82, 2.24) is 25.7 Å². The second-order valence-corrected chi connectivity index (χ2v) is 5.77. The molecule has 1 aromatic rings. The Morgan fingerprint density at radius 1 is 1.52 bits per heavy atom. The molecule has 0 aliphatic carbocycles. The van der Waals surface area contributed by atoms with Crippen LogP contribution in [0.1, 0.15) is 31.5 Å². The first kappa shape index (κ1) is 17.1. The van der Waals surface area contributed by atoms with E-state index in [2.05, 4.69) is 21.0 Å². The van der Waals surface area contributed by atoms with E-state index in [-0.39, 0.29) is 17.9 Å². The second kappa shape index (κ2) is 7.34. The molecule has 2 unspecified atom stereocenters. The minimum absolute atomic E-state index is 0.119. The van der Waals surface area contributed by atoms with Gasteiger partial charge in [0.1, 0.15) is 6.04 Å². The molecule has 0 bridgehead atoms. The van der Waals surface area contributed by atoms with Crippen molar-refractivity contribution in [3.8, 4) is 5.88 Å². The zero-order valence-electron chi connectivity index (χ0n) is 14.1. The van der Waals surface area contributed by atoms with Crippen LogP contribution in [0.3, 0.4) is 0 Å². The highest BCUT2D eigenvalue weighted by Gasteiger charge is 2.30. The average molecular weight is 323 g/mol. The van der Waals surface area contributed by atoms with Crippen LogP contribution in [-0.2, 0) is 24.8 Å². The highest BCUT2D eigenvalue weighted by Crippen LogP contribution is 2.21. The lowest BCUT2D eigenvalue weighted by Gasteiger charge is -2.28. The molecule has 0 saturated carbocycles. The lowest BCUT2D eigenvalue weighted by molar-refractivity contribution is -0.125. The summed E-state index contributed by atoms with van der Waals surface area (Å²) in [4.78, 5) is 23.9. The van der Waals surface area contributed by atoms with Crippen LogP contribution in [0.15, 0.2) is 0 Å². The largest absolute Gasteiger partial charge is 0.481 e. The average Bonchev–Trinajstić information content (AvgIpc) is 2.84. The first-order valence-corrected chi connectivity index (χ1v) is 7.88. The summed E-state index contributed by atoms with van der Waals surface area (Å²) in [7, 11) is 3.38. The zero-order valence-corrected chi connectivity index (χ0v) is 14.1. The number of methoxy groups -OCH3 is 1. The minimum atomic E-state index is -0.495. The Bertz CT molecular complexity index is 584. The Labute approximate surface area is 135 Å². The van der Waals surface area contributed by atoms with Gasteiger partial charge in [-0.25, -0.2) is 9.48 Å². The summed E-state index contributed by atoms with van der Waals surface area (Å²) in [6.45, 7) is 4.92. The molecular formula is C15H25N5O3. The van der Waals surface area contributed by atoms with Gasteiger partial charge < -0.3 is 20.7 Å². The molecule has 2 rings (SSSR count). The number of aromatic nitrogens is 2. The molecule has 0 aromatic carbocycles. The Balaban J connectivity index is 1.98. The first-order valence-electron chi connectivity index (χ1n) is 7.88. The maximum Gasteiger partial charge on any atom is 0.315 e. The van der Waals surface area contributed by atoms with Crippen molar-refractivity contribution in [3.05, 3.63) is 11.3 Å². The van der Waals surface area contributed by atoms with Gasteiger partial charge in [-0.2, -0.15) is 5.10 Å². The summed E-state index contributed by atoms with van der Waals surface area (Å²) in [6.07, 6.45) is 1.60. The van der Waals surface area contributed by atoms with Crippen LogP contribution in [0.2, 0.25) is 0 Å². The van der Waals surface area contributed by atoms with Gasteiger partial charge in [0.05, 0.1) is 24.9 Å². The van der Waals surface area contributed by atoms with Crippen LogP contribution in [0, 0.1) is 5.92 Å². The number of rotatable bonds is 5. The van der Waals surface area contributed by atoms with E-state index in [0.717, 1.165) is 24.1 Å². The van der Waals surface area contributed by atoms with Crippen LogP contribution < -0.4 is 20.7 Å². The summed E-state index contributed by atoms with van der Waals surface area (Å²) in [5, 5.41) is 12.7. The normalized spacial score (nSPS) is 20.8. The third kappa shape index (κ3) is 3.75. The van der Waals surface area contributed by atoms with Crippen LogP contribution >= 0.6 is 0 Å². The summed E-state index contributed by atoms with van der Waals surface area (Å²) in [5.74, 6) is 0.617. The van der Waals surface area contributed by atoms with E-state index in [1.165, 1.54) is 0 Å². The zero-order chi connectivity index (χ0) is 17.0. The SMILES string of the molecule is CCc1nn(C)c(OC)c1CNC(=O)NC1C(=O)NCCC1C. The highest BCUT2D eigenvalue weighted by atomic mass is 16.5. The molecule has 23 heavy (non-hydrogen) atoms. The van der Waals surface area contributed by atoms with Gasteiger partial charge in [0.25, 0.3) is 0 Å². The first-order chi connectivity index (χ1) is 11.0. The van der Waals surface area contributed by atoms with E-state index >= 15 is 0 Å². The predicted octanol–water partition coefficient (Wildman–Crippen LogP) is 0.315. The molecule has 1 aromatic heterocycles. The van der Waals surface area contributed by atoms with Crippen molar-refractivity contribution in [2.24, 2.45) is 13.0 Å². The lowest BCUT2D eigenvalue weighted by Crippen LogP contribution is -2.56. The van der Waals surface area contributed by atoms with E-state index in [1.807, 2.05) is 13.8 Å². The van der Waals surface area contributed by atoms with Gasteiger partial charge in [-0.15, -0.1) is 0 Å². The summed E-state index contributed by atoms with van der Waals surface area (Å²) >= 11 is 0. The number of carbonyl (C=O) groups excluding carboxylic acids is 2. The number of piperidine rings is 1. The molecule has 3 N–H and O–H groups in total. The number of aryl methyl sites for hydroxylation is 2. The third-order valence-electron chi connectivity index (χ3n) is 4.16. The molecule has 128 valence electrons. The van der Waals surface area contributed by atoms with Gasteiger partial charge in [0.2, 0.25) is 11.8 Å². The molecule has 1 fully saturated rings. The van der Waals surface area contributed by atoms with E-state index in [4.69, 9.17) is 4.74 Å². The molecule has 0 radical (unpaired) electrons. The minimum Gasteiger partial charge on any atom is -0.481 e. The van der Waals surface area contributed by atoms with Gasteiger partial charge in [-0.1, -0.05) is 13.8 Å². The summed E-state index contributed by atoms with van der Waals surface area (Å²) < 4.78 is 7.00. The molecule has 8 nitrogen and oxygen atoms in total. The predicted molar refractivity (Wildman–Crippen MR) is 85.1 cm³/mol. The Kier molecular flexibility index (Phi) is 5.46. The number of nitrogens with zero attached hydrogens (tertiary/aromatic N) is 2. The number of nitrogens with one attached hydrogen (secondary N) is 3. The highest BCUT2D eigenvalue weighted by molar-refractivity contribution is 5.87. The van der Waals surface area contributed by atoms with Crippen LogP contribution in [0.25, 0.3) is 0 Å². The van der Waals surface area contributed by atoms with Crippen molar-refractivity contribution >= 4 is 11.9 Å². The number of hydrogen-bond donors (Lipinski definition) is 3. The number of urea groups is 1. The lowest BCUT2D eigenvalue weighted by atomic mass is 9.94. The Morgan fingerprint density at radius 2 is 2.26 bits per heavy atom. The molecule has 8 heteroatoms. The van der Waals surface area contributed by atoms with E-state index < -0.39 is 6.04 Å². The molecule has 0 spiro atoms. The number of ether oxygens (including phenoxy) is 1. The van der Waals surface area contributed by atoms with Gasteiger partial charge in [0.15, 0.2) is 0 Å². The van der Waals surface area contributed by atoms with E-state index in [9.17, 15) is 9.59 Å². The molecular weight excluding hydrogens is 298 g/mol. The fraction of sp³-hybridized carbons (Fsp3) is 0.667. The Morgan fingerprint density at radius 3 is 2.87 bits per heavy atom. The maximum atomic E-state index is 12.1. The molecule has 1 saturated heterocycles. The van der Waals surface area contributed by atoms with Gasteiger partial charge >= 0.3 is 6.03 Å². The van der Waals surface area contributed by atoms with E-state index in [0.29, 0.717) is 19.0 Å². The fourth-order valence-electron chi connectivity index (χ4n) is 2.85. The van der Waals surface area contributed by atoms with Crippen molar-refractivity contribution in [1.29, 1.82) is 0 Å². The second-order valence-electron chi connectivity index (χ2n) is 5.77. The summed E-state index contributed by atoms with van der Waals surface area (Å²) in [6, 6.07) is -0.864. The van der Waals surface area contributed by atoms with E-state index in [1.54, 1.807) is 18.8 Å². The van der Waals surface area contributed by atoms with Crippen molar-refractivity contribution < 1.29 is 14.3 Å². The number of carbonyl (C=O) groups is 2.